The Hall–Kier alpha value is -1.20. The molecule has 5 heteroatoms. The van der Waals surface area contributed by atoms with E-state index in [4.69, 9.17) is 4.74 Å². The predicted octanol–water partition coefficient (Wildman–Crippen LogP) is 3.68. The molecule has 0 unspecified atom stereocenters. The fourth-order valence-electron chi connectivity index (χ4n) is 1.59. The van der Waals surface area contributed by atoms with Crippen LogP contribution in [0.5, 0.6) is 0 Å². The van der Waals surface area contributed by atoms with E-state index in [1.165, 1.54) is 11.1 Å². The van der Waals surface area contributed by atoms with Crippen molar-refractivity contribution in [1.29, 1.82) is 0 Å². The van der Waals surface area contributed by atoms with Gasteiger partial charge in [-0.25, -0.2) is 4.98 Å². The summed E-state index contributed by atoms with van der Waals surface area (Å²) in [4.78, 5) is 15.8. The summed E-state index contributed by atoms with van der Waals surface area (Å²) < 4.78 is 4.90. The Kier molecular flexibility index (Phi) is 4.49. The minimum absolute atomic E-state index is 0.154. The maximum Gasteiger partial charge on any atom is 0.306 e. The van der Waals surface area contributed by atoms with Crippen molar-refractivity contribution >= 4 is 28.6 Å². The van der Waals surface area contributed by atoms with E-state index in [1.54, 1.807) is 22.7 Å². The standard InChI is InChI=1S/C13H15NO2S2/c1-3-16-12(15)5-4-10-7-18-13(14-10)11-8-17-6-9(11)2/h6-8H,3-5H2,1-2H3. The van der Waals surface area contributed by atoms with Gasteiger partial charge in [0.25, 0.3) is 0 Å². The van der Waals surface area contributed by atoms with Crippen LogP contribution in [0.2, 0.25) is 0 Å². The molecule has 0 N–H and O–H groups in total. The molecule has 0 amide bonds. The summed E-state index contributed by atoms with van der Waals surface area (Å²) in [6.45, 7) is 4.35. The number of aryl methyl sites for hydroxylation is 2. The van der Waals surface area contributed by atoms with E-state index in [0.29, 0.717) is 19.4 Å². The second-order valence-electron chi connectivity index (χ2n) is 3.92. The zero-order valence-corrected chi connectivity index (χ0v) is 12.1. The van der Waals surface area contributed by atoms with Crippen LogP contribution in [0, 0.1) is 6.92 Å². The quantitative estimate of drug-likeness (QED) is 0.785. The van der Waals surface area contributed by atoms with Gasteiger partial charge in [-0.05, 0) is 24.8 Å². The van der Waals surface area contributed by atoms with Crippen LogP contribution in [0.15, 0.2) is 16.1 Å². The number of aromatic nitrogens is 1. The van der Waals surface area contributed by atoms with Crippen LogP contribution >= 0.6 is 22.7 Å². The lowest BCUT2D eigenvalue weighted by Gasteiger charge is -1.99. The Balaban J connectivity index is 1.99. The van der Waals surface area contributed by atoms with Gasteiger partial charge in [0, 0.05) is 22.7 Å². The third-order valence-electron chi connectivity index (χ3n) is 2.53. The summed E-state index contributed by atoms with van der Waals surface area (Å²) in [5.74, 6) is -0.154. The van der Waals surface area contributed by atoms with Crippen LogP contribution in [-0.4, -0.2) is 17.6 Å². The zero-order valence-electron chi connectivity index (χ0n) is 10.4. The molecule has 0 fully saturated rings. The minimum atomic E-state index is -0.154. The lowest BCUT2D eigenvalue weighted by Crippen LogP contribution is -2.05. The number of ether oxygens (including phenoxy) is 1. The summed E-state index contributed by atoms with van der Waals surface area (Å²) in [6.07, 6.45) is 1.05. The first-order valence-corrected chi connectivity index (χ1v) is 7.66. The van der Waals surface area contributed by atoms with Crippen LogP contribution < -0.4 is 0 Å². The molecule has 0 radical (unpaired) electrons. The Bertz CT molecular complexity index is 531. The number of thiophene rings is 1. The first kappa shape index (κ1) is 13.2. The summed E-state index contributed by atoms with van der Waals surface area (Å²) in [5, 5.41) is 7.29. The largest absolute Gasteiger partial charge is 0.466 e. The van der Waals surface area contributed by atoms with Crippen LogP contribution in [-0.2, 0) is 16.0 Å². The predicted molar refractivity (Wildman–Crippen MR) is 75.1 cm³/mol. The highest BCUT2D eigenvalue weighted by molar-refractivity contribution is 7.14. The molecule has 2 heterocycles. The summed E-state index contributed by atoms with van der Waals surface area (Å²) in [7, 11) is 0. The SMILES string of the molecule is CCOC(=O)CCc1csc(-c2cscc2C)n1. The van der Waals surface area contributed by atoms with Gasteiger partial charge in [0.1, 0.15) is 5.01 Å². The van der Waals surface area contributed by atoms with Gasteiger partial charge in [0.2, 0.25) is 0 Å². The zero-order chi connectivity index (χ0) is 13.0. The van der Waals surface area contributed by atoms with Gasteiger partial charge in [-0.2, -0.15) is 11.3 Å². The molecule has 0 saturated carbocycles. The molecule has 0 aromatic carbocycles. The first-order chi connectivity index (χ1) is 8.70. The fraction of sp³-hybridized carbons (Fsp3) is 0.385. The Labute approximate surface area is 114 Å². The molecule has 0 aliphatic carbocycles. The molecular formula is C13H15NO2S2. The van der Waals surface area contributed by atoms with Crippen molar-refractivity contribution in [3.63, 3.8) is 0 Å². The number of rotatable bonds is 5. The van der Waals surface area contributed by atoms with Gasteiger partial charge in [-0.15, -0.1) is 11.3 Å². The lowest BCUT2D eigenvalue weighted by atomic mass is 10.2. The summed E-state index contributed by atoms with van der Waals surface area (Å²) >= 11 is 3.32. The van der Waals surface area contributed by atoms with Gasteiger partial charge in [-0.3, -0.25) is 4.79 Å². The molecule has 0 aliphatic rings. The van der Waals surface area contributed by atoms with Crippen LogP contribution in [0.4, 0.5) is 0 Å². The Morgan fingerprint density at radius 3 is 2.89 bits per heavy atom. The highest BCUT2D eigenvalue weighted by Crippen LogP contribution is 2.29. The number of thiazole rings is 1. The van der Waals surface area contributed by atoms with Crippen molar-refractivity contribution in [3.8, 4) is 10.6 Å². The number of esters is 1. The third-order valence-corrected chi connectivity index (χ3v) is 4.31. The number of nitrogens with zero attached hydrogens (tertiary/aromatic N) is 1. The second kappa shape index (κ2) is 6.11. The maximum absolute atomic E-state index is 11.3. The van der Waals surface area contributed by atoms with Crippen LogP contribution in [0.25, 0.3) is 10.6 Å². The van der Waals surface area contributed by atoms with E-state index in [2.05, 4.69) is 22.7 Å². The van der Waals surface area contributed by atoms with Crippen molar-refractivity contribution in [3.05, 3.63) is 27.4 Å². The van der Waals surface area contributed by atoms with E-state index in [9.17, 15) is 4.79 Å². The average Bonchev–Trinajstić information content (AvgIpc) is 2.95. The van der Waals surface area contributed by atoms with Crippen molar-refractivity contribution in [2.45, 2.75) is 26.7 Å². The normalized spacial score (nSPS) is 10.6. The van der Waals surface area contributed by atoms with Gasteiger partial charge in [-0.1, -0.05) is 0 Å². The highest BCUT2D eigenvalue weighted by Gasteiger charge is 2.09. The molecular weight excluding hydrogens is 266 g/mol. The molecule has 3 nitrogen and oxygen atoms in total. The van der Waals surface area contributed by atoms with Crippen molar-refractivity contribution in [1.82, 2.24) is 4.98 Å². The van der Waals surface area contributed by atoms with Gasteiger partial charge in [0.05, 0.1) is 18.7 Å². The minimum Gasteiger partial charge on any atom is -0.466 e. The molecule has 18 heavy (non-hydrogen) atoms. The number of carbonyl (C=O) groups is 1. The van der Waals surface area contributed by atoms with Crippen molar-refractivity contribution in [2.24, 2.45) is 0 Å². The molecule has 2 rings (SSSR count). The van der Waals surface area contributed by atoms with E-state index >= 15 is 0 Å². The lowest BCUT2D eigenvalue weighted by molar-refractivity contribution is -0.143. The monoisotopic (exact) mass is 281 g/mol. The van der Waals surface area contributed by atoms with Crippen molar-refractivity contribution in [2.75, 3.05) is 6.61 Å². The molecule has 0 aliphatic heterocycles. The van der Waals surface area contributed by atoms with E-state index < -0.39 is 0 Å². The van der Waals surface area contributed by atoms with Gasteiger partial charge < -0.3 is 4.74 Å². The fourth-order valence-corrected chi connectivity index (χ4v) is 3.43. The molecule has 2 aromatic heterocycles. The topological polar surface area (TPSA) is 39.2 Å². The van der Waals surface area contributed by atoms with E-state index in [1.807, 2.05) is 12.3 Å². The first-order valence-electron chi connectivity index (χ1n) is 5.84. The molecule has 0 bridgehead atoms. The van der Waals surface area contributed by atoms with Crippen LogP contribution in [0.3, 0.4) is 0 Å². The number of carbonyl (C=O) groups excluding carboxylic acids is 1. The Morgan fingerprint density at radius 1 is 1.39 bits per heavy atom. The Morgan fingerprint density at radius 2 is 2.22 bits per heavy atom. The number of hydrogen-bond donors (Lipinski definition) is 0. The third kappa shape index (κ3) is 3.17. The summed E-state index contributed by atoms with van der Waals surface area (Å²) in [5.41, 5.74) is 3.42. The maximum atomic E-state index is 11.3. The molecule has 96 valence electrons. The smallest absolute Gasteiger partial charge is 0.306 e. The van der Waals surface area contributed by atoms with E-state index in [-0.39, 0.29) is 5.97 Å². The summed E-state index contributed by atoms with van der Waals surface area (Å²) in [6, 6.07) is 0. The molecule has 2 aromatic rings. The van der Waals surface area contributed by atoms with Gasteiger partial charge in [0.15, 0.2) is 0 Å². The highest BCUT2D eigenvalue weighted by atomic mass is 32.1. The average molecular weight is 281 g/mol. The van der Waals surface area contributed by atoms with Crippen molar-refractivity contribution < 1.29 is 9.53 Å². The van der Waals surface area contributed by atoms with E-state index in [0.717, 1.165) is 10.7 Å². The number of hydrogen-bond acceptors (Lipinski definition) is 5. The second-order valence-corrected chi connectivity index (χ2v) is 5.52. The van der Waals surface area contributed by atoms with Gasteiger partial charge >= 0.3 is 5.97 Å². The molecule has 0 saturated heterocycles. The van der Waals surface area contributed by atoms with Crippen LogP contribution in [0.1, 0.15) is 24.6 Å². The molecule has 0 atom stereocenters. The molecule has 0 spiro atoms.